The van der Waals surface area contributed by atoms with Crippen LogP contribution in [-0.4, -0.2) is 65.9 Å². The number of carbonyl (C=O) groups is 2. The predicted molar refractivity (Wildman–Crippen MR) is 113 cm³/mol. The number of benzene rings is 1. The van der Waals surface area contributed by atoms with Gasteiger partial charge in [0, 0.05) is 56.6 Å². The summed E-state index contributed by atoms with van der Waals surface area (Å²) in [7, 11) is 0. The third kappa shape index (κ3) is 4.42. The number of rotatable bonds is 3. The third-order valence-corrected chi connectivity index (χ3v) is 5.99. The van der Waals surface area contributed by atoms with Crippen molar-refractivity contribution in [1.29, 1.82) is 0 Å². The highest BCUT2D eigenvalue weighted by molar-refractivity contribution is 5.98. The van der Waals surface area contributed by atoms with Crippen molar-refractivity contribution < 1.29 is 9.59 Å². The molecule has 1 aromatic heterocycles. The molecule has 152 valence electrons. The fourth-order valence-electron chi connectivity index (χ4n) is 4.01. The highest BCUT2D eigenvalue weighted by Crippen LogP contribution is 2.19. The Bertz CT molecular complexity index is 837. The molecular formula is C23H28N4O2. The first-order valence-electron chi connectivity index (χ1n) is 10.5. The van der Waals surface area contributed by atoms with Gasteiger partial charge in [0.1, 0.15) is 5.82 Å². The quantitative estimate of drug-likeness (QED) is 0.806. The van der Waals surface area contributed by atoms with Gasteiger partial charge in [-0.25, -0.2) is 4.98 Å². The van der Waals surface area contributed by atoms with Crippen molar-refractivity contribution >= 4 is 17.6 Å². The van der Waals surface area contributed by atoms with E-state index in [1.165, 1.54) is 0 Å². The smallest absolute Gasteiger partial charge is 0.253 e. The fourth-order valence-corrected chi connectivity index (χ4v) is 4.01. The Labute approximate surface area is 172 Å². The summed E-state index contributed by atoms with van der Waals surface area (Å²) in [5, 5.41) is 0. The SMILES string of the molecule is CC1CCN(C(=O)c2ccc(C(=O)N3CCN(c4ccccn4)CC3)cc2)CC1. The molecule has 4 rings (SSSR count). The van der Waals surface area contributed by atoms with Crippen LogP contribution in [0.25, 0.3) is 0 Å². The van der Waals surface area contributed by atoms with Crippen molar-refractivity contribution in [2.75, 3.05) is 44.2 Å². The van der Waals surface area contributed by atoms with Crippen LogP contribution in [0.2, 0.25) is 0 Å². The molecule has 0 aliphatic carbocycles. The van der Waals surface area contributed by atoms with Crippen LogP contribution in [0, 0.1) is 5.92 Å². The van der Waals surface area contributed by atoms with Crippen molar-refractivity contribution in [3.63, 3.8) is 0 Å². The number of nitrogens with zero attached hydrogens (tertiary/aromatic N) is 4. The number of piperidine rings is 1. The number of carbonyl (C=O) groups excluding carboxylic acids is 2. The molecule has 0 unspecified atom stereocenters. The first kappa shape index (κ1) is 19.4. The van der Waals surface area contributed by atoms with Crippen LogP contribution in [0.5, 0.6) is 0 Å². The molecule has 2 amide bonds. The second kappa shape index (κ2) is 8.64. The lowest BCUT2D eigenvalue weighted by atomic mass is 9.98. The summed E-state index contributed by atoms with van der Waals surface area (Å²) in [5.74, 6) is 1.74. The third-order valence-electron chi connectivity index (χ3n) is 5.99. The standard InChI is InChI=1S/C23H28N4O2/c1-18-9-12-26(13-10-18)22(28)19-5-7-20(8-6-19)23(29)27-16-14-25(15-17-27)21-4-2-3-11-24-21/h2-8,11,18H,9-10,12-17H2,1H3. The van der Waals surface area contributed by atoms with E-state index in [2.05, 4.69) is 16.8 Å². The molecule has 6 heteroatoms. The van der Waals surface area contributed by atoms with Gasteiger partial charge >= 0.3 is 0 Å². The molecule has 1 aromatic carbocycles. The molecule has 0 bridgehead atoms. The Morgan fingerprint density at radius 1 is 0.793 bits per heavy atom. The van der Waals surface area contributed by atoms with Crippen LogP contribution in [0.1, 0.15) is 40.5 Å². The molecule has 6 nitrogen and oxygen atoms in total. The van der Waals surface area contributed by atoms with Gasteiger partial charge in [-0.15, -0.1) is 0 Å². The van der Waals surface area contributed by atoms with Crippen molar-refractivity contribution in [2.45, 2.75) is 19.8 Å². The van der Waals surface area contributed by atoms with E-state index in [1.54, 1.807) is 30.5 Å². The number of hydrogen-bond donors (Lipinski definition) is 0. The van der Waals surface area contributed by atoms with E-state index in [0.29, 0.717) is 30.1 Å². The zero-order valence-corrected chi connectivity index (χ0v) is 17.0. The van der Waals surface area contributed by atoms with Gasteiger partial charge in [0.05, 0.1) is 0 Å². The molecular weight excluding hydrogens is 364 g/mol. The van der Waals surface area contributed by atoms with E-state index >= 15 is 0 Å². The number of likely N-dealkylation sites (tertiary alicyclic amines) is 1. The monoisotopic (exact) mass is 392 g/mol. The van der Waals surface area contributed by atoms with E-state index in [0.717, 1.165) is 44.8 Å². The summed E-state index contributed by atoms with van der Waals surface area (Å²) in [6.07, 6.45) is 3.92. The van der Waals surface area contributed by atoms with Gasteiger partial charge in [0.2, 0.25) is 0 Å². The van der Waals surface area contributed by atoms with Gasteiger partial charge in [-0.1, -0.05) is 13.0 Å². The average Bonchev–Trinajstić information content (AvgIpc) is 2.79. The Morgan fingerprint density at radius 2 is 1.34 bits per heavy atom. The zero-order chi connectivity index (χ0) is 20.2. The van der Waals surface area contributed by atoms with E-state index in [-0.39, 0.29) is 11.8 Å². The molecule has 0 saturated carbocycles. The summed E-state index contributed by atoms with van der Waals surface area (Å²) in [4.78, 5) is 35.9. The van der Waals surface area contributed by atoms with Crippen LogP contribution < -0.4 is 4.90 Å². The van der Waals surface area contributed by atoms with E-state index in [4.69, 9.17) is 0 Å². The van der Waals surface area contributed by atoms with E-state index < -0.39 is 0 Å². The Morgan fingerprint density at radius 3 is 1.86 bits per heavy atom. The lowest BCUT2D eigenvalue weighted by Gasteiger charge is -2.35. The number of hydrogen-bond acceptors (Lipinski definition) is 4. The van der Waals surface area contributed by atoms with Gasteiger partial charge in [-0.3, -0.25) is 9.59 Å². The minimum absolute atomic E-state index is 0.0245. The molecule has 0 radical (unpaired) electrons. The van der Waals surface area contributed by atoms with E-state index in [9.17, 15) is 9.59 Å². The van der Waals surface area contributed by atoms with Crippen LogP contribution in [0.15, 0.2) is 48.7 Å². The first-order valence-corrected chi connectivity index (χ1v) is 10.5. The number of amides is 2. The van der Waals surface area contributed by atoms with Crippen molar-refractivity contribution in [1.82, 2.24) is 14.8 Å². The molecule has 0 atom stereocenters. The molecule has 0 spiro atoms. The van der Waals surface area contributed by atoms with Crippen molar-refractivity contribution in [2.24, 2.45) is 5.92 Å². The maximum Gasteiger partial charge on any atom is 0.253 e. The molecule has 29 heavy (non-hydrogen) atoms. The lowest BCUT2D eigenvalue weighted by molar-refractivity contribution is 0.0694. The van der Waals surface area contributed by atoms with Crippen LogP contribution >= 0.6 is 0 Å². The summed E-state index contributed by atoms with van der Waals surface area (Å²) in [5.41, 5.74) is 1.30. The number of anilines is 1. The molecule has 2 aliphatic heterocycles. The minimum Gasteiger partial charge on any atom is -0.353 e. The number of aromatic nitrogens is 1. The highest BCUT2D eigenvalue weighted by Gasteiger charge is 2.24. The van der Waals surface area contributed by atoms with Gasteiger partial charge in [0.25, 0.3) is 11.8 Å². The largest absolute Gasteiger partial charge is 0.353 e. The average molecular weight is 393 g/mol. The zero-order valence-electron chi connectivity index (χ0n) is 17.0. The second-order valence-corrected chi connectivity index (χ2v) is 8.02. The topological polar surface area (TPSA) is 56.8 Å². The van der Waals surface area contributed by atoms with Gasteiger partial charge in [-0.05, 0) is 55.2 Å². The molecule has 2 fully saturated rings. The summed E-state index contributed by atoms with van der Waals surface area (Å²) >= 11 is 0. The Hall–Kier alpha value is -2.89. The molecule has 2 aromatic rings. The van der Waals surface area contributed by atoms with Gasteiger partial charge in [-0.2, -0.15) is 0 Å². The second-order valence-electron chi connectivity index (χ2n) is 8.02. The van der Waals surface area contributed by atoms with Crippen molar-refractivity contribution in [3.8, 4) is 0 Å². The highest BCUT2D eigenvalue weighted by atomic mass is 16.2. The van der Waals surface area contributed by atoms with Crippen LogP contribution in [0.4, 0.5) is 5.82 Å². The molecule has 3 heterocycles. The predicted octanol–water partition coefficient (Wildman–Crippen LogP) is 2.92. The molecule has 0 N–H and O–H groups in total. The van der Waals surface area contributed by atoms with Crippen LogP contribution in [0.3, 0.4) is 0 Å². The summed E-state index contributed by atoms with van der Waals surface area (Å²) in [6, 6.07) is 13.0. The lowest BCUT2D eigenvalue weighted by Crippen LogP contribution is -2.49. The van der Waals surface area contributed by atoms with Crippen molar-refractivity contribution in [3.05, 3.63) is 59.8 Å². The number of piperazine rings is 1. The normalized spacial score (nSPS) is 18.0. The Kier molecular flexibility index (Phi) is 5.79. The maximum absolute atomic E-state index is 12.9. The fraction of sp³-hybridized carbons (Fsp3) is 0.435. The summed E-state index contributed by atoms with van der Waals surface area (Å²) in [6.45, 7) is 6.75. The maximum atomic E-state index is 12.9. The Balaban J connectivity index is 1.34. The number of pyridine rings is 1. The minimum atomic E-state index is 0.0245. The van der Waals surface area contributed by atoms with Crippen LogP contribution in [-0.2, 0) is 0 Å². The molecule has 2 saturated heterocycles. The van der Waals surface area contributed by atoms with Gasteiger partial charge < -0.3 is 14.7 Å². The summed E-state index contributed by atoms with van der Waals surface area (Å²) < 4.78 is 0. The van der Waals surface area contributed by atoms with E-state index in [1.807, 2.05) is 28.0 Å². The molecule has 2 aliphatic rings. The first-order chi connectivity index (χ1) is 14.1. The van der Waals surface area contributed by atoms with Gasteiger partial charge in [0.15, 0.2) is 0 Å².